The van der Waals surface area contributed by atoms with E-state index < -0.39 is 24.0 Å². The molecule has 2 heterocycles. The number of ether oxygens (including phenoxy) is 1. The SMILES string of the molecule is CCCC(NC(=O)OCC1c2ccccc2-c2ccccc21)C(=O)N1[C@@H]2CC[C@H]1[C@@H](C(=O)O)C2. The number of carbonyl (C=O) groups is 3. The zero-order valence-electron chi connectivity index (χ0n) is 19.3. The second kappa shape index (κ2) is 9.12. The van der Waals surface area contributed by atoms with E-state index in [9.17, 15) is 19.5 Å². The Morgan fingerprint density at radius 1 is 1.06 bits per heavy atom. The Labute approximate surface area is 199 Å². The molecule has 178 valence electrons. The number of nitrogens with one attached hydrogen (secondary N) is 1. The van der Waals surface area contributed by atoms with Crippen molar-refractivity contribution in [2.24, 2.45) is 5.92 Å². The number of fused-ring (bicyclic) bond motifs is 5. The molecule has 1 aliphatic carbocycles. The fourth-order valence-corrected chi connectivity index (χ4v) is 6.11. The van der Waals surface area contributed by atoms with Crippen molar-refractivity contribution in [2.75, 3.05) is 6.61 Å². The number of aliphatic carboxylic acids is 1. The predicted octanol–water partition coefficient (Wildman–Crippen LogP) is 4.16. The lowest BCUT2D eigenvalue weighted by Crippen LogP contribution is -2.51. The van der Waals surface area contributed by atoms with Gasteiger partial charge in [-0.1, -0.05) is 61.9 Å². The minimum Gasteiger partial charge on any atom is -0.481 e. The molecule has 34 heavy (non-hydrogen) atoms. The monoisotopic (exact) mass is 462 g/mol. The van der Waals surface area contributed by atoms with E-state index in [0.717, 1.165) is 28.7 Å². The molecule has 2 fully saturated rings. The predicted molar refractivity (Wildman–Crippen MR) is 126 cm³/mol. The summed E-state index contributed by atoms with van der Waals surface area (Å²) in [5.41, 5.74) is 4.57. The van der Waals surface area contributed by atoms with E-state index in [4.69, 9.17) is 4.74 Å². The van der Waals surface area contributed by atoms with Gasteiger partial charge in [0.2, 0.25) is 5.91 Å². The smallest absolute Gasteiger partial charge is 0.407 e. The maximum absolute atomic E-state index is 13.4. The lowest BCUT2D eigenvalue weighted by molar-refractivity contribution is -0.143. The molecule has 2 aromatic rings. The van der Waals surface area contributed by atoms with Crippen LogP contribution in [0.3, 0.4) is 0 Å². The average molecular weight is 463 g/mol. The second-order valence-corrected chi connectivity index (χ2v) is 9.54. The lowest BCUT2D eigenvalue weighted by Gasteiger charge is -2.28. The molecule has 0 saturated carbocycles. The normalized spacial score (nSPS) is 23.3. The standard InChI is InChI=1S/C27H30N2O5/c1-2-7-23(25(30)29-16-12-13-24(29)21(14-16)26(31)32)28-27(33)34-15-22-19-10-5-3-8-17(19)18-9-4-6-11-20(18)22/h3-6,8-11,16,21-24H,2,7,12-15H2,1H3,(H,28,33)(H,31,32)/t16-,21+,23?,24+/m1/s1. The molecule has 0 radical (unpaired) electrons. The molecule has 4 atom stereocenters. The Hall–Kier alpha value is -3.35. The van der Waals surface area contributed by atoms with Crippen LogP contribution < -0.4 is 5.32 Å². The molecule has 2 N–H and O–H groups in total. The van der Waals surface area contributed by atoms with Crippen molar-refractivity contribution in [2.45, 2.75) is 63.1 Å². The molecular weight excluding hydrogens is 432 g/mol. The summed E-state index contributed by atoms with van der Waals surface area (Å²) in [6.07, 6.45) is 2.61. The molecule has 0 spiro atoms. The molecule has 7 nitrogen and oxygen atoms in total. The first-order valence-corrected chi connectivity index (χ1v) is 12.2. The summed E-state index contributed by atoms with van der Waals surface area (Å²) in [5, 5.41) is 12.3. The first-order chi connectivity index (χ1) is 16.5. The average Bonchev–Trinajstić information content (AvgIpc) is 3.52. The van der Waals surface area contributed by atoms with Crippen molar-refractivity contribution in [1.82, 2.24) is 10.2 Å². The Kier molecular flexibility index (Phi) is 6.02. The van der Waals surface area contributed by atoms with Crippen molar-refractivity contribution >= 4 is 18.0 Å². The summed E-state index contributed by atoms with van der Waals surface area (Å²) >= 11 is 0. The van der Waals surface area contributed by atoms with Crippen LogP contribution >= 0.6 is 0 Å². The molecule has 1 unspecified atom stereocenters. The maximum Gasteiger partial charge on any atom is 0.407 e. The van der Waals surface area contributed by atoms with Crippen LogP contribution in [0, 0.1) is 5.92 Å². The van der Waals surface area contributed by atoms with Gasteiger partial charge in [0.05, 0.1) is 5.92 Å². The molecule has 2 bridgehead atoms. The number of rotatable bonds is 7. The molecule has 2 aromatic carbocycles. The maximum atomic E-state index is 13.4. The zero-order chi connectivity index (χ0) is 23.8. The van der Waals surface area contributed by atoms with Gasteiger partial charge >= 0.3 is 12.1 Å². The molecular formula is C27H30N2O5. The molecule has 2 amide bonds. The third-order valence-corrected chi connectivity index (χ3v) is 7.62. The van der Waals surface area contributed by atoms with E-state index in [-0.39, 0.29) is 30.5 Å². The summed E-state index contributed by atoms with van der Waals surface area (Å²) in [5.74, 6) is -1.60. The Bertz CT molecular complexity index is 1070. The highest BCUT2D eigenvalue weighted by atomic mass is 16.5. The van der Waals surface area contributed by atoms with E-state index >= 15 is 0 Å². The van der Waals surface area contributed by atoms with E-state index in [1.54, 1.807) is 4.90 Å². The van der Waals surface area contributed by atoms with Gasteiger partial charge in [0.25, 0.3) is 0 Å². The largest absolute Gasteiger partial charge is 0.481 e. The number of alkyl carbamates (subject to hydrolysis) is 1. The Morgan fingerprint density at radius 2 is 1.71 bits per heavy atom. The third-order valence-electron chi connectivity index (χ3n) is 7.62. The fourth-order valence-electron chi connectivity index (χ4n) is 6.11. The Balaban J connectivity index is 1.26. The van der Waals surface area contributed by atoms with Crippen LogP contribution in [0.25, 0.3) is 11.1 Å². The molecule has 2 aliphatic heterocycles. The number of hydrogen-bond acceptors (Lipinski definition) is 4. The lowest BCUT2D eigenvalue weighted by atomic mass is 9.89. The quantitative estimate of drug-likeness (QED) is 0.644. The van der Waals surface area contributed by atoms with Gasteiger partial charge in [0.15, 0.2) is 0 Å². The first-order valence-electron chi connectivity index (χ1n) is 12.2. The van der Waals surface area contributed by atoms with Gasteiger partial charge in [0.1, 0.15) is 12.6 Å². The topological polar surface area (TPSA) is 95.9 Å². The van der Waals surface area contributed by atoms with E-state index in [0.29, 0.717) is 25.7 Å². The van der Waals surface area contributed by atoms with Crippen molar-refractivity contribution in [1.29, 1.82) is 0 Å². The van der Waals surface area contributed by atoms with E-state index in [1.165, 1.54) is 0 Å². The number of carboxylic acid groups (broad SMARTS) is 1. The van der Waals surface area contributed by atoms with Crippen LogP contribution in [0.2, 0.25) is 0 Å². The number of amides is 2. The van der Waals surface area contributed by atoms with Crippen LogP contribution in [-0.4, -0.2) is 52.7 Å². The highest BCUT2D eigenvalue weighted by Crippen LogP contribution is 2.45. The molecule has 5 rings (SSSR count). The summed E-state index contributed by atoms with van der Waals surface area (Å²) < 4.78 is 5.64. The third kappa shape index (κ3) is 3.83. The number of benzene rings is 2. The van der Waals surface area contributed by atoms with Gasteiger partial charge in [-0.2, -0.15) is 0 Å². The minimum absolute atomic E-state index is 0.0516. The van der Waals surface area contributed by atoms with Gasteiger partial charge in [-0.3, -0.25) is 9.59 Å². The molecule has 7 heteroatoms. The number of hydrogen-bond donors (Lipinski definition) is 2. The van der Waals surface area contributed by atoms with Crippen LogP contribution in [0.15, 0.2) is 48.5 Å². The van der Waals surface area contributed by atoms with Gasteiger partial charge in [-0.25, -0.2) is 4.79 Å². The van der Waals surface area contributed by atoms with Crippen LogP contribution in [0.1, 0.15) is 56.1 Å². The molecule has 2 saturated heterocycles. The summed E-state index contributed by atoms with van der Waals surface area (Å²) in [7, 11) is 0. The van der Waals surface area contributed by atoms with Crippen molar-refractivity contribution < 1.29 is 24.2 Å². The van der Waals surface area contributed by atoms with Gasteiger partial charge < -0.3 is 20.1 Å². The van der Waals surface area contributed by atoms with E-state index in [1.807, 2.05) is 31.2 Å². The number of carboxylic acids is 1. The van der Waals surface area contributed by atoms with Crippen LogP contribution in [0.5, 0.6) is 0 Å². The van der Waals surface area contributed by atoms with Crippen LogP contribution in [-0.2, 0) is 14.3 Å². The first kappa shape index (κ1) is 22.4. The molecule has 0 aromatic heterocycles. The van der Waals surface area contributed by atoms with E-state index in [2.05, 4.69) is 29.6 Å². The van der Waals surface area contributed by atoms with Crippen molar-refractivity contribution in [3.63, 3.8) is 0 Å². The number of carbonyl (C=O) groups excluding carboxylic acids is 2. The summed E-state index contributed by atoms with van der Waals surface area (Å²) in [6.45, 7) is 2.14. The second-order valence-electron chi connectivity index (χ2n) is 9.54. The van der Waals surface area contributed by atoms with Crippen molar-refractivity contribution in [3.05, 3.63) is 59.7 Å². The van der Waals surface area contributed by atoms with Crippen molar-refractivity contribution in [3.8, 4) is 11.1 Å². The fraction of sp³-hybridized carbons (Fsp3) is 0.444. The Morgan fingerprint density at radius 3 is 2.29 bits per heavy atom. The zero-order valence-corrected chi connectivity index (χ0v) is 19.3. The van der Waals surface area contributed by atoms with Gasteiger partial charge in [-0.15, -0.1) is 0 Å². The highest BCUT2D eigenvalue weighted by Gasteiger charge is 2.52. The summed E-state index contributed by atoms with van der Waals surface area (Å²) in [4.78, 5) is 39.4. The summed E-state index contributed by atoms with van der Waals surface area (Å²) in [6, 6.07) is 15.2. The van der Waals surface area contributed by atoms with Gasteiger partial charge in [-0.05, 0) is 47.9 Å². The molecule has 3 aliphatic rings. The van der Waals surface area contributed by atoms with Gasteiger partial charge in [0, 0.05) is 18.0 Å². The number of nitrogens with zero attached hydrogens (tertiary/aromatic N) is 1. The van der Waals surface area contributed by atoms with Crippen LogP contribution in [0.4, 0.5) is 4.79 Å². The highest BCUT2D eigenvalue weighted by molar-refractivity contribution is 5.88. The minimum atomic E-state index is -0.846.